The number of aryl methyl sites for hydroxylation is 4. The van der Waals surface area contributed by atoms with E-state index in [-0.39, 0.29) is 3.18 Å². The number of ether oxygens (including phenoxy) is 2. The van der Waals surface area contributed by atoms with E-state index in [1.165, 1.54) is 187 Å². The van der Waals surface area contributed by atoms with Crippen molar-refractivity contribution in [3.63, 3.8) is 0 Å². The van der Waals surface area contributed by atoms with E-state index in [1.807, 2.05) is 12.1 Å². The fourth-order valence-corrected chi connectivity index (χ4v) is 30.0. The largest absolute Gasteiger partial charge is 0.508 e. The number of hydrogen-bond acceptors (Lipinski definition) is 4. The molecule has 98 heavy (non-hydrogen) atoms. The van der Waals surface area contributed by atoms with Gasteiger partial charge >= 0.3 is 3.18 Å². The SMILES string of the molecule is BrB(Br)Br.COc1cc(C)c2c(c1)C[C@@H]1[C@@]2(C)CCC2C(C)(C)CCC[C@@]21C.COc1cc(C)c2c(c1)C[C@@H]1[C@@]3(C)CCCC(C)(C)C3CC[C@]21C.Cc1cc(O)cc2c1[C@@]1(C)CCC3C(C)(C)CCC[C@]3(C)[C@H]1C2.Cc1cc(O)cc2c1[C@]1(C)CCC3C(C)(C)CCC[C@]3(C)[C@@H]1C2. The third kappa shape index (κ3) is 12.1. The average Bonchev–Trinajstić information content (AvgIpc) is 1.50. The molecule has 8 saturated carbocycles. The standard InChI is InChI=1S/2C23H34O.2C22H32O.BBr3/c2*1-15-12-17(24-6)13-16-14-19-22(4)10-7-9-21(2,3)18(22)8-11-23(19,5)20(15)16;2*1-14-11-16(23)12-15-13-18-21(4)9-6-8-20(2,3)17(21)7-10-22(18,5)19(14)15;2-1(3)4/h2*12-13,18-19H,7-11,14H2,1-6H3;2*11-12,17-18,23H,6-10,13H2,1-5H3;/t18?,19-,22+,23+;18?,19-,22-,23+;17?,18-,21+,22+;17?,18-,21-,22+;/m1010./s1. The summed E-state index contributed by atoms with van der Waals surface area (Å²) >= 11 is 9.31. The molecule has 540 valence electrons. The predicted molar refractivity (Wildman–Crippen MR) is 426 cm³/mol. The van der Waals surface area contributed by atoms with Crippen LogP contribution in [0.25, 0.3) is 0 Å². The number of benzene rings is 4. The molecular formula is C90H132BBr3O4. The van der Waals surface area contributed by atoms with Gasteiger partial charge in [0, 0.05) is 0 Å². The number of fused-ring (bicyclic) bond motifs is 20. The summed E-state index contributed by atoms with van der Waals surface area (Å²) in [5.74, 6) is 9.53. The molecule has 12 aliphatic rings. The zero-order valence-electron chi connectivity index (χ0n) is 65.6. The molecule has 0 radical (unpaired) electrons. The highest BCUT2D eigenvalue weighted by Gasteiger charge is 2.66. The van der Waals surface area contributed by atoms with Crippen molar-refractivity contribution < 1.29 is 19.7 Å². The second-order valence-electron chi connectivity index (χ2n) is 40.3. The van der Waals surface area contributed by atoms with Gasteiger partial charge in [-0.1, -0.05) is 136 Å². The maximum absolute atomic E-state index is 10.1. The average molecular weight is 1530 g/mol. The van der Waals surface area contributed by atoms with Gasteiger partial charge in [-0.15, -0.1) is 47.3 Å². The second kappa shape index (κ2) is 26.0. The fourth-order valence-electron chi connectivity index (χ4n) is 30.0. The summed E-state index contributed by atoms with van der Waals surface area (Å²) in [6.45, 7) is 49.9. The van der Waals surface area contributed by atoms with E-state index < -0.39 is 0 Å². The molecule has 4 aromatic carbocycles. The van der Waals surface area contributed by atoms with Crippen molar-refractivity contribution in [1.82, 2.24) is 0 Å². The Morgan fingerprint density at radius 2 is 0.531 bits per heavy atom. The zero-order chi connectivity index (χ0) is 71.5. The molecule has 0 amide bonds. The van der Waals surface area contributed by atoms with Gasteiger partial charge < -0.3 is 19.7 Å². The van der Waals surface area contributed by atoms with Crippen LogP contribution in [0.4, 0.5) is 0 Å². The van der Waals surface area contributed by atoms with Gasteiger partial charge in [0.05, 0.1) is 14.2 Å². The van der Waals surface area contributed by atoms with Crippen LogP contribution in [-0.2, 0) is 47.3 Å². The highest BCUT2D eigenvalue weighted by Crippen LogP contribution is 2.73. The number of phenolic OH excluding ortho intramolecular Hbond substituents is 2. The van der Waals surface area contributed by atoms with Crippen molar-refractivity contribution in [2.45, 2.75) is 314 Å². The highest BCUT2D eigenvalue weighted by atomic mass is 79.9. The van der Waals surface area contributed by atoms with Gasteiger partial charge in [0.2, 0.25) is 0 Å². The molecule has 4 nitrogen and oxygen atoms in total. The normalized spacial score (nSPS) is 39.0. The molecule has 8 fully saturated rings. The molecule has 4 aromatic rings. The van der Waals surface area contributed by atoms with E-state index in [1.54, 1.807) is 47.6 Å². The van der Waals surface area contributed by atoms with E-state index in [9.17, 15) is 10.2 Å². The Morgan fingerprint density at radius 3 is 0.755 bits per heavy atom. The maximum Gasteiger partial charge on any atom is 0.369 e. The summed E-state index contributed by atoms with van der Waals surface area (Å²) in [6.07, 6.45) is 32.6. The number of hydrogen-bond donors (Lipinski definition) is 2. The Kier molecular flexibility index (Phi) is 20.0. The Bertz CT molecular complexity index is 3440. The van der Waals surface area contributed by atoms with Crippen LogP contribution in [0.15, 0.2) is 48.5 Å². The number of phenols is 2. The fraction of sp³-hybridized carbons (Fsp3) is 0.733. The van der Waals surface area contributed by atoms with E-state index in [0.717, 1.165) is 58.8 Å². The van der Waals surface area contributed by atoms with Crippen molar-refractivity contribution in [2.24, 2.45) is 90.7 Å². The van der Waals surface area contributed by atoms with E-state index in [4.69, 9.17) is 9.47 Å². The molecule has 0 bridgehead atoms. The lowest BCUT2D eigenvalue weighted by molar-refractivity contribution is -0.0985. The summed E-state index contributed by atoms with van der Waals surface area (Å²) in [5.41, 5.74) is 23.2. The third-order valence-electron chi connectivity index (χ3n) is 33.2. The number of rotatable bonds is 2. The van der Waals surface area contributed by atoms with Crippen LogP contribution < -0.4 is 9.47 Å². The van der Waals surface area contributed by atoms with Gasteiger partial charge in [0.1, 0.15) is 23.0 Å². The Balaban J connectivity index is 0.000000122. The first-order valence-electron chi connectivity index (χ1n) is 39.5. The number of halogens is 3. The molecule has 0 spiro atoms. The van der Waals surface area contributed by atoms with Crippen LogP contribution in [0.5, 0.6) is 23.0 Å². The Morgan fingerprint density at radius 1 is 0.316 bits per heavy atom. The lowest BCUT2D eigenvalue weighted by Gasteiger charge is -2.61. The van der Waals surface area contributed by atoms with Crippen LogP contribution in [0.2, 0.25) is 0 Å². The van der Waals surface area contributed by atoms with Crippen LogP contribution >= 0.6 is 47.3 Å². The van der Waals surface area contributed by atoms with Gasteiger partial charge in [0.15, 0.2) is 0 Å². The lowest BCUT2D eigenvalue weighted by atomic mass is 9.43. The van der Waals surface area contributed by atoms with E-state index in [0.29, 0.717) is 76.5 Å². The van der Waals surface area contributed by atoms with Gasteiger partial charge in [-0.25, -0.2) is 0 Å². The molecule has 16 rings (SSSR count). The van der Waals surface area contributed by atoms with Crippen molar-refractivity contribution in [3.8, 4) is 23.0 Å². The zero-order valence-corrected chi connectivity index (χ0v) is 70.4. The molecule has 8 heteroatoms. The minimum absolute atomic E-state index is 0.271. The van der Waals surface area contributed by atoms with Gasteiger partial charge in [-0.05, 0) is 384 Å². The first-order chi connectivity index (χ1) is 45.5. The van der Waals surface area contributed by atoms with Crippen LogP contribution in [0, 0.1) is 118 Å². The second-order valence-corrected chi connectivity index (χ2v) is 46.7. The van der Waals surface area contributed by atoms with Crippen molar-refractivity contribution >= 4 is 50.5 Å². The topological polar surface area (TPSA) is 58.9 Å². The summed E-state index contributed by atoms with van der Waals surface area (Å²) in [4.78, 5) is 0. The van der Waals surface area contributed by atoms with E-state index in [2.05, 4.69) is 222 Å². The minimum Gasteiger partial charge on any atom is -0.508 e. The molecule has 0 saturated heterocycles. The van der Waals surface area contributed by atoms with E-state index >= 15 is 0 Å². The minimum atomic E-state index is 0.271. The number of methoxy groups -OCH3 is 2. The van der Waals surface area contributed by atoms with Crippen molar-refractivity contribution in [3.05, 3.63) is 115 Å². The molecule has 0 heterocycles. The first-order valence-corrected chi connectivity index (χ1v) is 42.2. The summed E-state index contributed by atoms with van der Waals surface area (Å²) in [6, 6.07) is 17.2. The first kappa shape index (κ1) is 75.3. The monoisotopic (exact) mass is 1520 g/mol. The lowest BCUT2D eigenvalue weighted by Crippen LogP contribution is -2.55. The molecule has 0 aliphatic heterocycles. The summed E-state index contributed by atoms with van der Waals surface area (Å²) in [7, 11) is 3.60. The maximum atomic E-state index is 10.1. The summed E-state index contributed by atoms with van der Waals surface area (Å²) < 4.78 is 11.4. The Labute approximate surface area is 622 Å². The smallest absolute Gasteiger partial charge is 0.369 e. The molecule has 0 aromatic heterocycles. The highest BCUT2D eigenvalue weighted by molar-refractivity contribution is 9.69. The molecule has 2 N–H and O–H groups in total. The van der Waals surface area contributed by atoms with Crippen molar-refractivity contribution in [1.29, 1.82) is 0 Å². The third-order valence-corrected chi connectivity index (χ3v) is 33.2. The molecule has 4 unspecified atom stereocenters. The number of aromatic hydroxyl groups is 2. The van der Waals surface area contributed by atoms with Crippen LogP contribution in [-0.4, -0.2) is 27.6 Å². The summed E-state index contributed by atoms with van der Waals surface area (Å²) in [5, 5.41) is 20.1. The quantitative estimate of drug-likeness (QED) is 0.196. The predicted octanol–water partition coefficient (Wildman–Crippen LogP) is 25.8. The Hall–Kier alpha value is -2.42. The molecule has 16 atom stereocenters. The van der Waals surface area contributed by atoms with Crippen LogP contribution in [0.1, 0.15) is 306 Å². The van der Waals surface area contributed by atoms with Gasteiger partial charge in [-0.2, -0.15) is 0 Å². The van der Waals surface area contributed by atoms with Crippen molar-refractivity contribution in [2.75, 3.05) is 14.2 Å². The van der Waals surface area contributed by atoms with Crippen LogP contribution in [0.3, 0.4) is 0 Å². The molecule has 12 aliphatic carbocycles. The van der Waals surface area contributed by atoms with Gasteiger partial charge in [0.25, 0.3) is 0 Å². The molecular weight excluding hydrogens is 1400 g/mol. The van der Waals surface area contributed by atoms with Gasteiger partial charge in [-0.3, -0.25) is 0 Å².